The Kier molecular flexibility index (Phi) is 6.97. The summed E-state index contributed by atoms with van der Waals surface area (Å²) in [5.74, 6) is 0. The van der Waals surface area contributed by atoms with Gasteiger partial charge < -0.3 is 15.5 Å². The van der Waals surface area contributed by atoms with Gasteiger partial charge in [0.05, 0.1) is 36.0 Å². The Hall–Kier alpha value is -2.61. The fraction of sp³-hybridized carbons (Fsp3) is 0.435. The van der Waals surface area contributed by atoms with Gasteiger partial charge in [0.25, 0.3) is 5.56 Å². The molecule has 3 N–H and O–H groups in total. The summed E-state index contributed by atoms with van der Waals surface area (Å²) in [7, 11) is 0. The van der Waals surface area contributed by atoms with Crippen molar-refractivity contribution in [2.75, 3.05) is 6.54 Å². The van der Waals surface area contributed by atoms with E-state index in [0.29, 0.717) is 17.3 Å². The molecule has 1 aliphatic rings. The van der Waals surface area contributed by atoms with Gasteiger partial charge in [-0.05, 0) is 62.1 Å². The molecule has 160 valence electrons. The normalized spacial score (nSPS) is 20.0. The molecule has 0 aliphatic carbocycles. The number of rotatable bonds is 5. The number of aromatic nitrogens is 3. The van der Waals surface area contributed by atoms with Gasteiger partial charge in [-0.25, -0.2) is 4.98 Å². The van der Waals surface area contributed by atoms with E-state index in [1.165, 1.54) is 10.9 Å². The molecule has 4 rings (SSSR count). The molecule has 2 aromatic heterocycles. The van der Waals surface area contributed by atoms with Crippen LogP contribution in [-0.4, -0.2) is 49.5 Å². The zero-order chi connectivity index (χ0) is 20.4. The van der Waals surface area contributed by atoms with E-state index in [1.807, 2.05) is 31.2 Å². The average molecular weight is 411 g/mol. The summed E-state index contributed by atoms with van der Waals surface area (Å²) in [5.41, 5.74) is 3.25. The minimum absolute atomic E-state index is 0. The molecule has 1 fully saturated rings. The van der Waals surface area contributed by atoms with Crippen molar-refractivity contribution in [1.29, 1.82) is 0 Å². The summed E-state index contributed by atoms with van der Waals surface area (Å²) in [6.45, 7) is 2.91. The molecule has 1 aromatic carbocycles. The highest BCUT2D eigenvalue weighted by atomic mass is 16.3. The number of aryl methyl sites for hydroxylation is 1. The van der Waals surface area contributed by atoms with E-state index in [4.69, 9.17) is 0 Å². The molecule has 7 heteroatoms. The van der Waals surface area contributed by atoms with Crippen molar-refractivity contribution in [2.24, 2.45) is 0 Å². The number of aliphatic hydroxyl groups excluding tert-OH is 2. The topological polar surface area (TPSA) is 100 Å². The van der Waals surface area contributed by atoms with Crippen LogP contribution in [0.4, 0.5) is 0 Å². The first kappa shape index (κ1) is 22.1. The maximum atomic E-state index is 13.1. The second-order valence-corrected chi connectivity index (χ2v) is 7.79. The monoisotopic (exact) mass is 410 g/mol. The molecular formula is C23H30N4O3. The number of benzene rings is 1. The van der Waals surface area contributed by atoms with E-state index in [2.05, 4.69) is 15.3 Å². The SMILES string of the molecule is C.Cc1cc(-c2cccnc2)cc2c(=O)n(C[C@@H](O)C[C@H]3NCCC[C@@H]3O)cnc12. The van der Waals surface area contributed by atoms with E-state index in [-0.39, 0.29) is 25.6 Å². The average Bonchev–Trinajstić information content (AvgIpc) is 2.72. The Morgan fingerprint density at radius 2 is 2.17 bits per heavy atom. The summed E-state index contributed by atoms with van der Waals surface area (Å²) in [5, 5.41) is 24.4. The van der Waals surface area contributed by atoms with Gasteiger partial charge >= 0.3 is 0 Å². The molecule has 0 bridgehead atoms. The summed E-state index contributed by atoms with van der Waals surface area (Å²) >= 11 is 0. The van der Waals surface area contributed by atoms with Crippen molar-refractivity contribution in [3.63, 3.8) is 0 Å². The Morgan fingerprint density at radius 1 is 1.33 bits per heavy atom. The van der Waals surface area contributed by atoms with Crippen molar-refractivity contribution in [1.82, 2.24) is 19.9 Å². The zero-order valence-electron chi connectivity index (χ0n) is 16.5. The van der Waals surface area contributed by atoms with E-state index in [0.717, 1.165) is 36.1 Å². The van der Waals surface area contributed by atoms with Crippen molar-refractivity contribution >= 4 is 10.9 Å². The van der Waals surface area contributed by atoms with Crippen LogP contribution in [-0.2, 0) is 6.54 Å². The third-order valence-corrected chi connectivity index (χ3v) is 5.59. The second-order valence-electron chi connectivity index (χ2n) is 7.79. The van der Waals surface area contributed by atoms with Crippen molar-refractivity contribution in [3.05, 3.63) is 58.9 Å². The zero-order valence-corrected chi connectivity index (χ0v) is 16.5. The lowest BCUT2D eigenvalue weighted by Gasteiger charge is -2.30. The number of nitrogens with one attached hydrogen (secondary N) is 1. The first-order valence-corrected chi connectivity index (χ1v) is 10.0. The molecule has 0 spiro atoms. The summed E-state index contributed by atoms with van der Waals surface area (Å²) < 4.78 is 1.45. The van der Waals surface area contributed by atoms with Crippen molar-refractivity contribution in [3.8, 4) is 11.1 Å². The summed E-state index contributed by atoms with van der Waals surface area (Å²) in [6.07, 6.45) is 5.82. The first-order chi connectivity index (χ1) is 14.0. The third-order valence-electron chi connectivity index (χ3n) is 5.59. The molecule has 3 aromatic rings. The van der Waals surface area contributed by atoms with Gasteiger partial charge in [0.15, 0.2) is 0 Å². The van der Waals surface area contributed by atoms with Crippen LogP contribution in [0.1, 0.15) is 32.3 Å². The molecule has 0 unspecified atom stereocenters. The van der Waals surface area contributed by atoms with E-state index < -0.39 is 12.2 Å². The summed E-state index contributed by atoms with van der Waals surface area (Å²) in [6, 6.07) is 7.50. The van der Waals surface area contributed by atoms with Crippen LogP contribution < -0.4 is 10.9 Å². The molecule has 0 radical (unpaired) electrons. The molecule has 3 atom stereocenters. The Morgan fingerprint density at radius 3 is 2.90 bits per heavy atom. The standard InChI is InChI=1S/C22H26N4O3.CH4/c1-14-8-16(15-4-2-6-23-11-15)9-18-21(14)25-13-26(22(18)29)12-17(27)10-19-20(28)5-3-7-24-19;/h2,4,6,8-9,11,13,17,19-20,24,27-28H,3,5,7,10,12H2,1H3;1H4/t17-,19+,20-;/m0./s1. The van der Waals surface area contributed by atoms with Crippen LogP contribution in [0.3, 0.4) is 0 Å². The lowest BCUT2D eigenvalue weighted by Crippen LogP contribution is -2.47. The van der Waals surface area contributed by atoms with Crippen LogP contribution in [0.2, 0.25) is 0 Å². The molecule has 0 amide bonds. The number of nitrogens with zero attached hydrogens (tertiary/aromatic N) is 3. The van der Waals surface area contributed by atoms with Gasteiger partial charge in [0.2, 0.25) is 0 Å². The van der Waals surface area contributed by atoms with Gasteiger partial charge in [-0.15, -0.1) is 0 Å². The lowest BCUT2D eigenvalue weighted by molar-refractivity contribution is 0.0539. The number of pyridine rings is 1. The van der Waals surface area contributed by atoms with Gasteiger partial charge in [-0.2, -0.15) is 0 Å². The van der Waals surface area contributed by atoms with Gasteiger partial charge in [-0.3, -0.25) is 14.3 Å². The molecule has 1 saturated heterocycles. The van der Waals surface area contributed by atoms with Crippen LogP contribution in [0.25, 0.3) is 22.0 Å². The number of piperidine rings is 1. The predicted octanol–water partition coefficient (Wildman–Crippen LogP) is 2.27. The van der Waals surface area contributed by atoms with E-state index in [1.54, 1.807) is 12.4 Å². The van der Waals surface area contributed by atoms with Crippen LogP contribution in [0.15, 0.2) is 47.8 Å². The minimum Gasteiger partial charge on any atom is -0.392 e. The smallest absolute Gasteiger partial charge is 0.261 e. The Labute approximate surface area is 176 Å². The number of fused-ring (bicyclic) bond motifs is 1. The number of hydrogen-bond acceptors (Lipinski definition) is 6. The van der Waals surface area contributed by atoms with Gasteiger partial charge in [0, 0.05) is 24.0 Å². The predicted molar refractivity (Wildman–Crippen MR) is 118 cm³/mol. The number of aliphatic hydroxyl groups is 2. The van der Waals surface area contributed by atoms with Crippen molar-refractivity contribution in [2.45, 2.75) is 58.4 Å². The largest absolute Gasteiger partial charge is 0.392 e. The lowest BCUT2D eigenvalue weighted by atomic mass is 9.96. The highest BCUT2D eigenvalue weighted by Crippen LogP contribution is 2.24. The van der Waals surface area contributed by atoms with Gasteiger partial charge in [-0.1, -0.05) is 13.5 Å². The van der Waals surface area contributed by atoms with Crippen molar-refractivity contribution < 1.29 is 10.2 Å². The Balaban J connectivity index is 0.00000256. The summed E-state index contributed by atoms with van der Waals surface area (Å²) in [4.78, 5) is 21.7. The fourth-order valence-electron chi connectivity index (χ4n) is 4.05. The molecule has 30 heavy (non-hydrogen) atoms. The van der Waals surface area contributed by atoms with E-state index in [9.17, 15) is 15.0 Å². The highest BCUT2D eigenvalue weighted by molar-refractivity contribution is 5.86. The second kappa shape index (κ2) is 9.47. The quantitative estimate of drug-likeness (QED) is 0.597. The molecule has 1 aliphatic heterocycles. The van der Waals surface area contributed by atoms with Gasteiger partial charge in [0.1, 0.15) is 0 Å². The number of hydrogen-bond donors (Lipinski definition) is 3. The first-order valence-electron chi connectivity index (χ1n) is 10.0. The maximum Gasteiger partial charge on any atom is 0.261 e. The molecule has 0 saturated carbocycles. The van der Waals surface area contributed by atoms with Crippen LogP contribution in [0.5, 0.6) is 0 Å². The highest BCUT2D eigenvalue weighted by Gasteiger charge is 2.25. The molecule has 3 heterocycles. The minimum atomic E-state index is -0.750. The van der Waals surface area contributed by atoms with Crippen LogP contribution in [0, 0.1) is 6.92 Å². The fourth-order valence-corrected chi connectivity index (χ4v) is 4.05. The molecule has 7 nitrogen and oxygen atoms in total. The molecular weight excluding hydrogens is 380 g/mol. The third kappa shape index (κ3) is 4.59. The Bertz CT molecular complexity index is 1050. The van der Waals surface area contributed by atoms with E-state index >= 15 is 0 Å². The maximum absolute atomic E-state index is 13.1. The van der Waals surface area contributed by atoms with Crippen LogP contribution >= 0.6 is 0 Å².